The monoisotopic (exact) mass is 333 g/mol. The number of amides is 1. The lowest BCUT2D eigenvalue weighted by molar-refractivity contribution is -0.120. The quantitative estimate of drug-likeness (QED) is 0.806. The summed E-state index contributed by atoms with van der Waals surface area (Å²) in [6.07, 6.45) is 0.581. The molecule has 0 saturated heterocycles. The average molecular weight is 333 g/mol. The Morgan fingerprint density at radius 1 is 1.50 bits per heavy atom. The van der Waals surface area contributed by atoms with Crippen molar-refractivity contribution in [3.05, 3.63) is 33.4 Å². The van der Waals surface area contributed by atoms with E-state index in [0.29, 0.717) is 19.4 Å². The van der Waals surface area contributed by atoms with Crippen LogP contribution >= 0.6 is 22.6 Å². The zero-order valence-electron chi connectivity index (χ0n) is 9.24. The van der Waals surface area contributed by atoms with E-state index >= 15 is 0 Å². The molecule has 88 valence electrons. The van der Waals surface area contributed by atoms with Crippen LogP contribution in [0.4, 0.5) is 0 Å². The van der Waals surface area contributed by atoms with Gasteiger partial charge < -0.3 is 10.4 Å². The van der Waals surface area contributed by atoms with E-state index in [-0.39, 0.29) is 5.91 Å². The first-order valence-electron chi connectivity index (χ1n) is 5.31. The number of hydrogen-bond donors (Lipinski definition) is 2. The van der Waals surface area contributed by atoms with Crippen LogP contribution < -0.4 is 5.32 Å². The van der Waals surface area contributed by atoms with Crippen molar-refractivity contribution in [2.75, 3.05) is 6.54 Å². The van der Waals surface area contributed by atoms with Gasteiger partial charge in [-0.15, -0.1) is 0 Å². The van der Waals surface area contributed by atoms with Gasteiger partial charge in [-0.3, -0.25) is 4.79 Å². The summed E-state index contributed by atoms with van der Waals surface area (Å²) in [7, 11) is 0. The van der Waals surface area contributed by atoms with Gasteiger partial charge in [0.2, 0.25) is 5.91 Å². The summed E-state index contributed by atoms with van der Waals surface area (Å²) in [6.45, 7) is 2.22. The molecule has 0 aliphatic carbocycles. The Bertz CT molecular complexity index is 355. The maximum Gasteiger partial charge on any atom is 0.224 e. The summed E-state index contributed by atoms with van der Waals surface area (Å²) in [5, 5.41) is 12.0. The molecule has 0 bridgehead atoms. The van der Waals surface area contributed by atoms with Crippen LogP contribution in [0.1, 0.15) is 18.9 Å². The van der Waals surface area contributed by atoms with Crippen LogP contribution in [0.5, 0.6) is 0 Å². The van der Waals surface area contributed by atoms with Gasteiger partial charge >= 0.3 is 0 Å². The van der Waals surface area contributed by atoms with Crippen molar-refractivity contribution in [1.82, 2.24) is 5.32 Å². The second kappa shape index (κ2) is 6.85. The molecule has 0 aromatic heterocycles. The van der Waals surface area contributed by atoms with Gasteiger partial charge in [0.1, 0.15) is 0 Å². The molecular formula is C12H16INO2. The van der Waals surface area contributed by atoms with Gasteiger partial charge in [0.25, 0.3) is 0 Å². The molecule has 0 heterocycles. The molecule has 1 rings (SSSR count). The van der Waals surface area contributed by atoms with Gasteiger partial charge in [0, 0.05) is 10.1 Å². The summed E-state index contributed by atoms with van der Waals surface area (Å²) >= 11 is 2.21. The molecule has 0 aliphatic heterocycles. The third kappa shape index (κ3) is 4.49. The molecule has 2 N–H and O–H groups in total. The van der Waals surface area contributed by atoms with E-state index < -0.39 is 6.10 Å². The van der Waals surface area contributed by atoms with E-state index in [9.17, 15) is 9.90 Å². The molecule has 0 radical (unpaired) electrons. The highest BCUT2D eigenvalue weighted by Gasteiger charge is 2.07. The van der Waals surface area contributed by atoms with E-state index in [4.69, 9.17) is 0 Å². The summed E-state index contributed by atoms with van der Waals surface area (Å²) < 4.78 is 1.09. The molecule has 0 saturated carbocycles. The number of aliphatic hydroxyl groups excluding tert-OH is 1. The van der Waals surface area contributed by atoms with Crippen molar-refractivity contribution in [1.29, 1.82) is 0 Å². The maximum atomic E-state index is 11.6. The highest BCUT2D eigenvalue weighted by molar-refractivity contribution is 14.1. The summed E-state index contributed by atoms with van der Waals surface area (Å²) in [6, 6.07) is 7.79. The van der Waals surface area contributed by atoms with Crippen molar-refractivity contribution in [2.45, 2.75) is 25.9 Å². The first-order valence-corrected chi connectivity index (χ1v) is 6.39. The number of carbonyl (C=O) groups excluding carboxylic acids is 1. The second-order valence-electron chi connectivity index (χ2n) is 3.63. The van der Waals surface area contributed by atoms with Crippen LogP contribution in [0.2, 0.25) is 0 Å². The molecule has 16 heavy (non-hydrogen) atoms. The Morgan fingerprint density at radius 2 is 2.19 bits per heavy atom. The molecule has 0 fully saturated rings. The van der Waals surface area contributed by atoms with Crippen LogP contribution in [-0.2, 0) is 11.2 Å². The van der Waals surface area contributed by atoms with E-state index in [1.807, 2.05) is 31.2 Å². The number of halogens is 1. The predicted octanol–water partition coefficient (Wildman–Crippen LogP) is 1.72. The molecule has 3 nitrogen and oxygen atoms in total. The minimum absolute atomic E-state index is 0.0448. The maximum absolute atomic E-state index is 11.6. The van der Waals surface area contributed by atoms with Gasteiger partial charge in [0.15, 0.2) is 0 Å². The third-order valence-corrected chi connectivity index (χ3v) is 3.37. The molecule has 1 aromatic carbocycles. The fourth-order valence-corrected chi connectivity index (χ4v) is 1.83. The summed E-state index contributed by atoms with van der Waals surface area (Å²) in [5.41, 5.74) is 1.02. The fourth-order valence-electron chi connectivity index (χ4n) is 1.25. The summed E-state index contributed by atoms with van der Waals surface area (Å²) in [4.78, 5) is 11.6. The normalized spacial score (nSPS) is 12.2. The van der Waals surface area contributed by atoms with E-state index in [0.717, 1.165) is 9.13 Å². The Morgan fingerprint density at radius 3 is 2.81 bits per heavy atom. The number of nitrogens with one attached hydrogen (secondary N) is 1. The Hall–Kier alpha value is -0.620. The highest BCUT2D eigenvalue weighted by atomic mass is 127. The average Bonchev–Trinajstić information content (AvgIpc) is 2.29. The third-order valence-electron chi connectivity index (χ3n) is 2.31. The Labute approximate surface area is 109 Å². The molecule has 0 aliphatic rings. The molecule has 4 heteroatoms. The van der Waals surface area contributed by atoms with E-state index in [2.05, 4.69) is 27.9 Å². The number of hydrogen-bond acceptors (Lipinski definition) is 2. The van der Waals surface area contributed by atoms with Gasteiger partial charge in [-0.2, -0.15) is 0 Å². The SMILES string of the molecule is CCC(O)CNC(=O)Cc1ccccc1I. The van der Waals surface area contributed by atoms with Crippen LogP contribution in [0.25, 0.3) is 0 Å². The lowest BCUT2D eigenvalue weighted by Crippen LogP contribution is -2.32. The number of carbonyl (C=O) groups is 1. The Balaban J connectivity index is 2.43. The van der Waals surface area contributed by atoms with Crippen molar-refractivity contribution >= 4 is 28.5 Å². The first kappa shape index (κ1) is 13.4. The molecule has 1 aromatic rings. The lowest BCUT2D eigenvalue weighted by Gasteiger charge is -2.10. The van der Waals surface area contributed by atoms with Crippen molar-refractivity contribution < 1.29 is 9.90 Å². The molecule has 1 amide bonds. The Kier molecular flexibility index (Phi) is 5.76. The van der Waals surface area contributed by atoms with Crippen molar-refractivity contribution in [3.63, 3.8) is 0 Å². The van der Waals surface area contributed by atoms with Crippen LogP contribution in [0.15, 0.2) is 24.3 Å². The molecule has 1 atom stereocenters. The van der Waals surface area contributed by atoms with Crippen LogP contribution in [0, 0.1) is 3.57 Å². The minimum atomic E-state index is -0.446. The zero-order chi connectivity index (χ0) is 12.0. The smallest absolute Gasteiger partial charge is 0.224 e. The van der Waals surface area contributed by atoms with Gasteiger partial charge in [-0.1, -0.05) is 25.1 Å². The minimum Gasteiger partial charge on any atom is -0.391 e. The second-order valence-corrected chi connectivity index (χ2v) is 4.80. The van der Waals surface area contributed by atoms with Crippen LogP contribution in [-0.4, -0.2) is 23.7 Å². The van der Waals surface area contributed by atoms with E-state index in [1.165, 1.54) is 0 Å². The largest absolute Gasteiger partial charge is 0.391 e. The van der Waals surface area contributed by atoms with Crippen molar-refractivity contribution in [3.8, 4) is 0 Å². The van der Waals surface area contributed by atoms with Gasteiger partial charge in [-0.05, 0) is 40.6 Å². The standard InChI is InChI=1S/C12H16INO2/c1-2-10(15)8-14-12(16)7-9-5-3-4-6-11(9)13/h3-6,10,15H,2,7-8H2,1H3,(H,14,16). The fraction of sp³-hybridized carbons (Fsp3) is 0.417. The van der Waals surface area contributed by atoms with E-state index in [1.54, 1.807) is 0 Å². The molecule has 1 unspecified atom stereocenters. The lowest BCUT2D eigenvalue weighted by atomic mass is 10.1. The number of aliphatic hydroxyl groups is 1. The predicted molar refractivity (Wildman–Crippen MR) is 72.2 cm³/mol. The molecular weight excluding hydrogens is 317 g/mol. The first-order chi connectivity index (χ1) is 7.63. The van der Waals surface area contributed by atoms with Gasteiger partial charge in [-0.25, -0.2) is 0 Å². The number of rotatable bonds is 5. The van der Waals surface area contributed by atoms with Crippen molar-refractivity contribution in [2.24, 2.45) is 0 Å². The van der Waals surface area contributed by atoms with Crippen LogP contribution in [0.3, 0.4) is 0 Å². The highest BCUT2D eigenvalue weighted by Crippen LogP contribution is 2.11. The molecule has 0 spiro atoms. The number of benzene rings is 1. The summed E-state index contributed by atoms with van der Waals surface area (Å²) in [5.74, 6) is -0.0448. The topological polar surface area (TPSA) is 49.3 Å². The van der Waals surface area contributed by atoms with Gasteiger partial charge in [0.05, 0.1) is 12.5 Å². The zero-order valence-corrected chi connectivity index (χ0v) is 11.4.